The maximum atomic E-state index is 12.1. The van der Waals surface area contributed by atoms with Crippen molar-refractivity contribution in [3.8, 4) is 0 Å². The molecule has 1 aromatic heterocycles. The molecule has 0 amide bonds. The van der Waals surface area contributed by atoms with Gasteiger partial charge in [-0.05, 0) is 39.2 Å². The van der Waals surface area contributed by atoms with Crippen molar-refractivity contribution in [1.29, 1.82) is 0 Å². The van der Waals surface area contributed by atoms with E-state index in [0.717, 1.165) is 18.4 Å². The van der Waals surface area contributed by atoms with Gasteiger partial charge in [-0.15, -0.1) is 0 Å². The lowest BCUT2D eigenvalue weighted by Crippen LogP contribution is -2.32. The van der Waals surface area contributed by atoms with E-state index < -0.39 is 16.9 Å². The number of para-hydroxylation sites is 1. The van der Waals surface area contributed by atoms with E-state index in [9.17, 15) is 19.7 Å². The van der Waals surface area contributed by atoms with E-state index >= 15 is 0 Å². The zero-order valence-electron chi connectivity index (χ0n) is 21.7. The molecule has 3 rings (SSSR count). The van der Waals surface area contributed by atoms with Gasteiger partial charge in [-0.3, -0.25) is 19.7 Å². The third-order valence-electron chi connectivity index (χ3n) is 5.74. The van der Waals surface area contributed by atoms with Gasteiger partial charge in [-0.1, -0.05) is 18.2 Å². The molecule has 0 unspecified atom stereocenters. The smallest absolute Gasteiger partial charge is 0.302 e. The zero-order chi connectivity index (χ0) is 26.9. The summed E-state index contributed by atoms with van der Waals surface area (Å²) in [6, 6.07) is 10.6. The summed E-state index contributed by atoms with van der Waals surface area (Å²) in [5, 5.41) is 16.7. The van der Waals surface area contributed by atoms with Crippen molar-refractivity contribution in [2.45, 2.75) is 20.3 Å². The van der Waals surface area contributed by atoms with Gasteiger partial charge in [0.1, 0.15) is 24.1 Å². The molecule has 0 atom stereocenters. The third-order valence-corrected chi connectivity index (χ3v) is 5.74. The molecular weight excluding hydrogens is 478 g/mol. The van der Waals surface area contributed by atoms with Crippen LogP contribution in [0.3, 0.4) is 0 Å². The van der Waals surface area contributed by atoms with Gasteiger partial charge in [0.15, 0.2) is 0 Å². The van der Waals surface area contributed by atoms with Crippen LogP contribution >= 0.6 is 0 Å². The lowest BCUT2D eigenvalue weighted by molar-refractivity contribution is -0.383. The summed E-state index contributed by atoms with van der Waals surface area (Å²) < 4.78 is 10.3. The molecule has 198 valence electrons. The van der Waals surface area contributed by atoms with Gasteiger partial charge < -0.3 is 24.6 Å². The van der Waals surface area contributed by atoms with Gasteiger partial charge in [-0.25, -0.2) is 4.98 Å². The number of rotatable bonds is 13. The lowest BCUT2D eigenvalue weighted by Gasteiger charge is -2.26. The van der Waals surface area contributed by atoms with Crippen LogP contribution in [0.2, 0.25) is 0 Å². The van der Waals surface area contributed by atoms with E-state index in [1.165, 1.54) is 19.9 Å². The van der Waals surface area contributed by atoms with Crippen LogP contribution in [0.5, 0.6) is 0 Å². The van der Waals surface area contributed by atoms with E-state index in [-0.39, 0.29) is 32.0 Å². The van der Waals surface area contributed by atoms with E-state index in [2.05, 4.69) is 10.2 Å². The van der Waals surface area contributed by atoms with Crippen LogP contribution in [0, 0.1) is 10.1 Å². The molecule has 3 aromatic rings. The zero-order valence-corrected chi connectivity index (χ0v) is 21.7. The van der Waals surface area contributed by atoms with Crippen molar-refractivity contribution in [3.63, 3.8) is 0 Å². The Morgan fingerprint density at radius 1 is 1.00 bits per heavy atom. The average Bonchev–Trinajstić information content (AvgIpc) is 2.83. The Hall–Kier alpha value is -3.99. The first-order valence-electron chi connectivity index (χ1n) is 12.1. The molecule has 1 heterocycles. The Kier molecular flexibility index (Phi) is 9.56. The molecule has 0 saturated carbocycles. The SMILES string of the molecule is CC(=O)OCCN(CCOC(C)=O)c1ccc([N+](=O)[O-])c2c(NCCCN(C)C)c3ccccc3nc12. The van der Waals surface area contributed by atoms with E-state index in [1.54, 1.807) is 6.07 Å². The van der Waals surface area contributed by atoms with Crippen molar-refractivity contribution >= 4 is 50.8 Å². The Labute approximate surface area is 215 Å². The first kappa shape index (κ1) is 27.6. The predicted octanol–water partition coefficient (Wildman–Crippen LogP) is 3.59. The number of nitrogens with zero attached hydrogens (tertiary/aromatic N) is 4. The van der Waals surface area contributed by atoms with Gasteiger partial charge in [0.25, 0.3) is 5.69 Å². The van der Waals surface area contributed by atoms with Crippen LogP contribution in [-0.2, 0) is 19.1 Å². The molecule has 0 radical (unpaired) electrons. The number of carbonyl (C=O) groups is 2. The normalized spacial score (nSPS) is 11.1. The fourth-order valence-electron chi connectivity index (χ4n) is 4.12. The molecule has 0 aliphatic heterocycles. The molecule has 11 nitrogen and oxygen atoms in total. The highest BCUT2D eigenvalue weighted by Gasteiger charge is 2.24. The highest BCUT2D eigenvalue weighted by Crippen LogP contribution is 2.41. The molecule has 0 aliphatic rings. The number of hydrogen-bond acceptors (Lipinski definition) is 10. The maximum Gasteiger partial charge on any atom is 0.302 e. The quantitative estimate of drug-likeness (QED) is 0.120. The van der Waals surface area contributed by atoms with Gasteiger partial charge in [0.05, 0.1) is 34.9 Å². The Morgan fingerprint density at radius 2 is 1.65 bits per heavy atom. The fraction of sp³-hybridized carbons (Fsp3) is 0.423. The number of anilines is 2. The summed E-state index contributed by atoms with van der Waals surface area (Å²) in [4.78, 5) is 43.2. The topological polar surface area (TPSA) is 127 Å². The molecule has 0 fully saturated rings. The second-order valence-corrected chi connectivity index (χ2v) is 8.84. The van der Waals surface area contributed by atoms with Crippen molar-refractivity contribution in [2.75, 3.05) is 63.7 Å². The van der Waals surface area contributed by atoms with Crippen molar-refractivity contribution in [2.24, 2.45) is 0 Å². The molecule has 0 spiro atoms. The minimum absolute atomic E-state index is 0.0629. The largest absolute Gasteiger partial charge is 0.464 e. The van der Waals surface area contributed by atoms with E-state index in [1.807, 2.05) is 43.3 Å². The van der Waals surface area contributed by atoms with Gasteiger partial charge in [0.2, 0.25) is 0 Å². The van der Waals surface area contributed by atoms with Gasteiger partial charge in [0, 0.05) is 31.8 Å². The van der Waals surface area contributed by atoms with Crippen LogP contribution < -0.4 is 10.2 Å². The number of nitro groups is 1. The number of carbonyl (C=O) groups excluding carboxylic acids is 2. The number of ether oxygens (including phenoxy) is 2. The summed E-state index contributed by atoms with van der Waals surface area (Å²) in [6.45, 7) is 4.89. The van der Waals surface area contributed by atoms with Crippen LogP contribution in [0.15, 0.2) is 36.4 Å². The molecule has 0 saturated heterocycles. The summed E-state index contributed by atoms with van der Waals surface area (Å²) in [6.07, 6.45) is 0.843. The van der Waals surface area contributed by atoms with E-state index in [4.69, 9.17) is 14.5 Å². The summed E-state index contributed by atoms with van der Waals surface area (Å²) in [5.74, 6) is -0.830. The second kappa shape index (κ2) is 12.8. The molecule has 0 aliphatic carbocycles. The minimum Gasteiger partial charge on any atom is -0.464 e. The fourth-order valence-corrected chi connectivity index (χ4v) is 4.12. The first-order chi connectivity index (χ1) is 17.7. The molecule has 2 aromatic carbocycles. The number of esters is 2. The van der Waals surface area contributed by atoms with E-state index in [0.29, 0.717) is 34.3 Å². The monoisotopic (exact) mass is 511 g/mol. The van der Waals surface area contributed by atoms with Crippen LogP contribution in [0.25, 0.3) is 21.8 Å². The molecule has 37 heavy (non-hydrogen) atoms. The predicted molar refractivity (Wildman–Crippen MR) is 143 cm³/mol. The standard InChI is InChI=1S/C26H33N5O6/c1-18(32)36-16-14-30(15-17-37-19(2)33)23-11-10-22(31(34)35)24-25(27-12-7-13-29(3)4)20-8-5-6-9-21(20)28-26(23)24/h5-6,8-11H,7,12-17H2,1-4H3,(H,27,28). The van der Waals surface area contributed by atoms with Gasteiger partial charge in [-0.2, -0.15) is 0 Å². The summed E-state index contributed by atoms with van der Waals surface area (Å²) in [7, 11) is 3.99. The summed E-state index contributed by atoms with van der Waals surface area (Å²) in [5.41, 5.74) is 2.32. The minimum atomic E-state index is -0.415. The number of non-ortho nitro benzene ring substituents is 1. The average molecular weight is 512 g/mol. The number of nitro benzene ring substituents is 1. The number of nitrogens with one attached hydrogen (secondary N) is 1. The highest BCUT2D eigenvalue weighted by atomic mass is 16.6. The lowest BCUT2D eigenvalue weighted by atomic mass is 10.0. The van der Waals surface area contributed by atoms with Crippen molar-refractivity contribution < 1.29 is 24.0 Å². The molecule has 11 heteroatoms. The molecule has 1 N–H and O–H groups in total. The number of aromatic nitrogens is 1. The number of pyridine rings is 1. The number of benzene rings is 2. The van der Waals surface area contributed by atoms with Crippen LogP contribution in [-0.4, -0.2) is 80.2 Å². The van der Waals surface area contributed by atoms with Crippen molar-refractivity contribution in [3.05, 3.63) is 46.5 Å². The van der Waals surface area contributed by atoms with Crippen LogP contribution in [0.1, 0.15) is 20.3 Å². The number of hydrogen-bond donors (Lipinski definition) is 1. The van der Waals surface area contributed by atoms with Crippen LogP contribution in [0.4, 0.5) is 17.1 Å². The maximum absolute atomic E-state index is 12.1. The summed E-state index contributed by atoms with van der Waals surface area (Å²) >= 11 is 0. The van der Waals surface area contributed by atoms with Gasteiger partial charge >= 0.3 is 11.9 Å². The Balaban J connectivity index is 2.17. The number of fused-ring (bicyclic) bond motifs is 2. The Morgan fingerprint density at radius 3 is 2.24 bits per heavy atom. The highest BCUT2D eigenvalue weighted by molar-refractivity contribution is 6.14. The first-order valence-corrected chi connectivity index (χ1v) is 12.1. The molecular formula is C26H33N5O6. The Bertz CT molecular complexity index is 1260. The third kappa shape index (κ3) is 7.26. The molecule has 0 bridgehead atoms. The second-order valence-electron chi connectivity index (χ2n) is 8.84. The van der Waals surface area contributed by atoms with Crippen molar-refractivity contribution in [1.82, 2.24) is 9.88 Å².